The third kappa shape index (κ3) is 8.90. The van der Waals surface area contributed by atoms with Crippen molar-refractivity contribution in [3.05, 3.63) is 82.8 Å². The summed E-state index contributed by atoms with van der Waals surface area (Å²) in [6.45, 7) is 4.38. The maximum absolute atomic E-state index is 9.88. The Kier molecular flexibility index (Phi) is 14.6. The van der Waals surface area contributed by atoms with Crippen LogP contribution in [0, 0.1) is 72.5 Å². The highest BCUT2D eigenvalue weighted by Crippen LogP contribution is 2.27. The predicted octanol–water partition coefficient (Wildman–Crippen LogP) is 7.50. The lowest BCUT2D eigenvalue weighted by Gasteiger charge is -2.00. The molecule has 0 amide bonds. The Hall–Kier alpha value is -3.58. The fourth-order valence-corrected chi connectivity index (χ4v) is 10.9. The second-order valence-electron chi connectivity index (χ2n) is 11.6. The van der Waals surface area contributed by atoms with Crippen molar-refractivity contribution < 1.29 is 10.2 Å². The second kappa shape index (κ2) is 18.8. The molecule has 48 heavy (non-hydrogen) atoms. The molecule has 10 heteroatoms. The molecular weight excluding hydrogens is 673 g/mol. The van der Waals surface area contributed by atoms with E-state index in [-0.39, 0.29) is 24.4 Å². The van der Waals surface area contributed by atoms with Gasteiger partial charge in [-0.2, -0.15) is 21.0 Å². The van der Waals surface area contributed by atoms with Crippen molar-refractivity contribution in [1.29, 1.82) is 21.0 Å². The Morgan fingerprint density at radius 3 is 1.21 bits per heavy atom. The van der Waals surface area contributed by atoms with Gasteiger partial charge in [-0.25, -0.2) is 0 Å². The summed E-state index contributed by atoms with van der Waals surface area (Å²) in [4.78, 5) is 0. The zero-order valence-corrected chi connectivity index (χ0v) is 30.8. The van der Waals surface area contributed by atoms with Gasteiger partial charge in [-0.15, -0.1) is 45.3 Å². The first-order valence-electron chi connectivity index (χ1n) is 16.5. The average Bonchev–Trinajstić information content (AvgIpc) is 3.88. The van der Waals surface area contributed by atoms with E-state index in [2.05, 4.69) is 26.0 Å². The van der Waals surface area contributed by atoms with Gasteiger partial charge >= 0.3 is 0 Å². The highest BCUT2D eigenvalue weighted by Gasteiger charge is 2.12. The van der Waals surface area contributed by atoms with Crippen LogP contribution in [-0.2, 0) is 25.7 Å². The summed E-state index contributed by atoms with van der Waals surface area (Å²) in [7, 11) is 0. The first kappa shape index (κ1) is 37.2. The molecule has 248 valence electrons. The monoisotopic (exact) mass is 712 g/mol. The summed E-state index contributed by atoms with van der Waals surface area (Å²) in [5, 5.41) is 58.0. The zero-order valence-electron chi connectivity index (χ0n) is 27.5. The molecule has 0 fully saturated rings. The van der Waals surface area contributed by atoms with Gasteiger partial charge in [0.15, 0.2) is 0 Å². The maximum Gasteiger partial charge on any atom is 0.146 e. The Labute approximate surface area is 297 Å². The van der Waals surface area contributed by atoms with Crippen LogP contribution < -0.4 is 9.06 Å². The number of nitriles is 4. The minimum atomic E-state index is -0.0222. The van der Waals surface area contributed by atoms with Gasteiger partial charge < -0.3 is 10.2 Å². The number of hydrogen-bond acceptors (Lipinski definition) is 10. The van der Waals surface area contributed by atoms with Crippen LogP contribution in [0.1, 0.15) is 87.5 Å². The number of aliphatic hydroxyl groups excluding tert-OH is 2. The van der Waals surface area contributed by atoms with Crippen molar-refractivity contribution in [3.63, 3.8) is 0 Å². The molecule has 0 aliphatic heterocycles. The van der Waals surface area contributed by atoms with Gasteiger partial charge in [0, 0.05) is 40.4 Å². The molecule has 0 saturated heterocycles. The SMILES string of the molecule is CCCCCCc1c/c(=c2/sc(=C(C#N)C#N)cc2CCO)s/c1=c1\s/c(=c2/sc(=C(C#N)C#N)cc2CCO)cc1CCCCCC. The quantitative estimate of drug-likeness (QED) is 0.130. The van der Waals surface area contributed by atoms with E-state index in [4.69, 9.17) is 0 Å². The van der Waals surface area contributed by atoms with Gasteiger partial charge in [0.1, 0.15) is 35.4 Å². The molecule has 0 radical (unpaired) electrons. The molecule has 0 saturated carbocycles. The molecule has 4 aromatic heterocycles. The number of rotatable bonds is 14. The van der Waals surface area contributed by atoms with Crippen LogP contribution in [0.2, 0.25) is 0 Å². The Bertz CT molecular complexity index is 2120. The summed E-state index contributed by atoms with van der Waals surface area (Å²) in [6, 6.07) is 16.4. The first-order chi connectivity index (χ1) is 23.5. The lowest BCUT2D eigenvalue weighted by Crippen LogP contribution is -1.96. The molecule has 0 unspecified atom stereocenters. The van der Waals surface area contributed by atoms with E-state index >= 15 is 0 Å². The maximum atomic E-state index is 9.88. The molecule has 0 aliphatic carbocycles. The Balaban J connectivity index is 2.19. The fourth-order valence-electron chi connectivity index (χ4n) is 5.73. The molecule has 0 aromatic carbocycles. The van der Waals surface area contributed by atoms with Crippen LogP contribution in [-0.4, -0.2) is 23.4 Å². The van der Waals surface area contributed by atoms with Crippen molar-refractivity contribution in [2.75, 3.05) is 13.2 Å². The van der Waals surface area contributed by atoms with Crippen LogP contribution in [0.4, 0.5) is 0 Å². The number of aliphatic hydroxyl groups is 2. The summed E-state index contributed by atoms with van der Waals surface area (Å²) in [5.41, 5.74) is 4.63. The number of hydrogen-bond donors (Lipinski definition) is 2. The Morgan fingerprint density at radius 1 is 0.500 bits per heavy atom. The molecule has 0 atom stereocenters. The summed E-state index contributed by atoms with van der Waals surface area (Å²) < 4.78 is 7.89. The molecule has 6 nitrogen and oxygen atoms in total. The number of unbranched alkanes of at least 4 members (excludes halogenated alkanes) is 6. The Morgan fingerprint density at radius 2 is 0.875 bits per heavy atom. The smallest absolute Gasteiger partial charge is 0.146 e. The summed E-state index contributed by atoms with van der Waals surface area (Å²) in [6.07, 6.45) is 11.9. The fraction of sp³-hybridized carbons (Fsp3) is 0.421. The molecule has 0 aliphatic rings. The molecule has 2 N–H and O–H groups in total. The topological polar surface area (TPSA) is 136 Å². The minimum absolute atomic E-state index is 0.0222. The van der Waals surface area contributed by atoms with E-state index in [9.17, 15) is 31.3 Å². The van der Waals surface area contributed by atoms with Gasteiger partial charge in [-0.1, -0.05) is 52.4 Å². The van der Waals surface area contributed by atoms with Gasteiger partial charge in [0.25, 0.3) is 0 Å². The van der Waals surface area contributed by atoms with Crippen molar-refractivity contribution in [2.45, 2.75) is 90.9 Å². The van der Waals surface area contributed by atoms with Crippen LogP contribution in [0.15, 0.2) is 24.3 Å². The lowest BCUT2D eigenvalue weighted by atomic mass is 10.1. The van der Waals surface area contributed by atoms with Crippen molar-refractivity contribution >= 4 is 56.5 Å². The molecule has 4 rings (SSSR count). The van der Waals surface area contributed by atoms with Crippen molar-refractivity contribution in [2.24, 2.45) is 0 Å². The number of thiophene rings is 4. The molecular formula is C38H40N4O2S4. The average molecular weight is 713 g/mol. The molecule has 4 heterocycles. The number of aryl methyl sites for hydroxylation is 2. The first-order valence-corrected chi connectivity index (χ1v) is 19.8. The van der Waals surface area contributed by atoms with Gasteiger partial charge in [0.05, 0.1) is 9.06 Å². The van der Waals surface area contributed by atoms with Gasteiger partial charge in [-0.3, -0.25) is 0 Å². The summed E-state index contributed by atoms with van der Waals surface area (Å²) in [5.74, 6) is 0. The normalized spacial score (nSPS) is 13.0. The zero-order chi connectivity index (χ0) is 34.5. The van der Waals surface area contributed by atoms with E-state index in [1.165, 1.54) is 55.7 Å². The van der Waals surface area contributed by atoms with Crippen molar-refractivity contribution in [3.8, 4) is 24.3 Å². The van der Waals surface area contributed by atoms with E-state index in [1.807, 2.05) is 36.4 Å². The van der Waals surface area contributed by atoms with E-state index in [0.717, 1.165) is 80.6 Å². The van der Waals surface area contributed by atoms with Crippen LogP contribution in [0.3, 0.4) is 0 Å². The van der Waals surface area contributed by atoms with Gasteiger partial charge in [0.2, 0.25) is 0 Å². The van der Waals surface area contributed by atoms with Crippen molar-refractivity contribution in [1.82, 2.24) is 0 Å². The lowest BCUT2D eigenvalue weighted by molar-refractivity contribution is 0.299. The molecule has 0 bridgehead atoms. The van der Waals surface area contributed by atoms with Crippen LogP contribution in [0.5, 0.6) is 0 Å². The third-order valence-corrected chi connectivity index (χ3v) is 13.5. The highest BCUT2D eigenvalue weighted by atomic mass is 32.1. The second-order valence-corrected chi connectivity index (χ2v) is 15.8. The van der Waals surface area contributed by atoms with E-state index < -0.39 is 0 Å². The summed E-state index contributed by atoms with van der Waals surface area (Å²) >= 11 is 6.38. The minimum Gasteiger partial charge on any atom is -0.396 e. The van der Waals surface area contributed by atoms with E-state index in [0.29, 0.717) is 21.9 Å². The van der Waals surface area contributed by atoms with Gasteiger partial charge in [-0.05, 0) is 85.0 Å². The van der Waals surface area contributed by atoms with Crippen LogP contribution >= 0.6 is 45.3 Å². The number of nitrogens with zero attached hydrogens (tertiary/aromatic N) is 4. The highest BCUT2D eigenvalue weighted by molar-refractivity contribution is 7.14. The standard InChI is InChI=1S/C38H40N4O2S4/c1-3-5-7-9-11-25-19-33(35-27(13-15-43)17-31(45-35)29(21-39)22-40)47-37(25)38-26(12-10-8-6-4-2)20-34(48-38)36-28(14-16-44)18-32(46-36)30(23-41)24-42/h17-20,43-44H,3-16H2,1-2H3/b35-33-,36-34+,38-37-. The van der Waals surface area contributed by atoms with Crippen LogP contribution in [0.25, 0.3) is 11.1 Å². The molecule has 0 spiro atoms. The third-order valence-electron chi connectivity index (χ3n) is 8.19. The largest absolute Gasteiger partial charge is 0.396 e. The predicted molar refractivity (Wildman–Crippen MR) is 196 cm³/mol. The molecule has 4 aromatic rings. The van der Waals surface area contributed by atoms with E-state index in [1.54, 1.807) is 22.7 Å².